The average molecular weight is 460 g/mol. The molecule has 1 aliphatic carbocycles. The van der Waals surface area contributed by atoms with E-state index in [4.69, 9.17) is 4.74 Å². The number of carbonyl (C=O) groups is 1. The van der Waals surface area contributed by atoms with Crippen molar-refractivity contribution in [2.75, 3.05) is 33.3 Å². The molecule has 0 spiro atoms. The first-order valence-electron chi connectivity index (χ1n) is 11.7. The predicted molar refractivity (Wildman–Crippen MR) is 115 cm³/mol. The monoisotopic (exact) mass is 459 g/mol. The summed E-state index contributed by atoms with van der Waals surface area (Å²) < 4.78 is 34.3. The molecule has 6 atom stereocenters. The number of ether oxygens (including phenoxy) is 1. The number of hydrogen-bond donors (Lipinski definition) is 3. The lowest BCUT2D eigenvalue weighted by atomic mass is 9.71. The molecular formula is C21H37N3O6S. The number of nitrogens with one attached hydrogen (secondary N) is 1. The molecule has 31 heavy (non-hydrogen) atoms. The first-order valence-corrected chi connectivity index (χ1v) is 13.2. The summed E-state index contributed by atoms with van der Waals surface area (Å²) in [6.07, 6.45) is 4.55. The molecule has 3 N–H and O–H groups in total. The number of carboxylic acid groups (broad SMARTS) is 1. The average Bonchev–Trinajstić information content (AvgIpc) is 3.15. The summed E-state index contributed by atoms with van der Waals surface area (Å²) in [5, 5.41) is 21.8. The van der Waals surface area contributed by atoms with Crippen LogP contribution in [0, 0.1) is 17.8 Å². The Morgan fingerprint density at radius 1 is 1.13 bits per heavy atom. The number of nitrogens with zero attached hydrogens (tertiary/aromatic N) is 2. The van der Waals surface area contributed by atoms with Gasteiger partial charge in [-0.25, -0.2) is 17.7 Å². The summed E-state index contributed by atoms with van der Waals surface area (Å²) in [5.41, 5.74) is 3.32. The molecule has 9 nitrogen and oxygen atoms in total. The second kappa shape index (κ2) is 9.61. The van der Waals surface area contributed by atoms with Crippen LogP contribution in [0.2, 0.25) is 0 Å². The van der Waals surface area contributed by atoms with Gasteiger partial charge >= 0.3 is 5.97 Å². The highest BCUT2D eigenvalue weighted by Crippen LogP contribution is 2.43. The Morgan fingerprint density at radius 2 is 1.87 bits per heavy atom. The SMILES string of the molecule is COC1CCN(S(=O)(=O)C2CCCC(O)C2C2CCN3NCC(CC(=O)O)C3C2)CC1. The van der Waals surface area contributed by atoms with E-state index in [0.29, 0.717) is 45.3 Å². The van der Waals surface area contributed by atoms with Crippen molar-refractivity contribution in [2.45, 2.75) is 74.9 Å². The molecule has 0 aromatic heterocycles. The smallest absolute Gasteiger partial charge is 0.303 e. The molecular weight excluding hydrogens is 422 g/mol. The second-order valence-electron chi connectivity index (χ2n) is 9.76. The van der Waals surface area contributed by atoms with E-state index >= 15 is 0 Å². The van der Waals surface area contributed by atoms with Crippen LogP contribution in [-0.2, 0) is 19.6 Å². The molecule has 4 fully saturated rings. The van der Waals surface area contributed by atoms with Gasteiger partial charge in [0.05, 0.1) is 23.9 Å². The molecule has 0 aromatic carbocycles. The summed E-state index contributed by atoms with van der Waals surface area (Å²) in [6.45, 7) is 2.37. The van der Waals surface area contributed by atoms with Gasteiger partial charge in [0.15, 0.2) is 0 Å². The van der Waals surface area contributed by atoms with Gasteiger partial charge in [-0.05, 0) is 50.9 Å². The van der Waals surface area contributed by atoms with Gasteiger partial charge in [0.1, 0.15) is 0 Å². The highest BCUT2D eigenvalue weighted by Gasteiger charge is 2.50. The Bertz CT molecular complexity index is 741. The number of fused-ring (bicyclic) bond motifs is 1. The standard InChI is InChI=1S/C21H37N3O6S/c1-30-16-6-8-23(9-7-16)31(28,29)19-4-2-3-18(25)21(19)14-5-10-24-17(11-14)15(13-22-24)12-20(26)27/h14-19,21-22,25H,2-13H2,1H3,(H,26,27). The van der Waals surface area contributed by atoms with Crippen LogP contribution in [0.4, 0.5) is 0 Å². The van der Waals surface area contributed by atoms with Crippen LogP contribution >= 0.6 is 0 Å². The predicted octanol–water partition coefficient (Wildman–Crippen LogP) is 0.646. The van der Waals surface area contributed by atoms with Gasteiger partial charge in [0, 0.05) is 51.2 Å². The quantitative estimate of drug-likeness (QED) is 0.530. The van der Waals surface area contributed by atoms with Crippen molar-refractivity contribution in [1.29, 1.82) is 0 Å². The summed E-state index contributed by atoms with van der Waals surface area (Å²) in [7, 11) is -1.84. The van der Waals surface area contributed by atoms with Gasteiger partial charge < -0.3 is 14.9 Å². The zero-order valence-electron chi connectivity index (χ0n) is 18.4. The maximum absolute atomic E-state index is 13.6. The number of aliphatic hydroxyl groups excluding tert-OH is 1. The molecule has 3 heterocycles. The number of carboxylic acids is 1. The van der Waals surface area contributed by atoms with Crippen molar-refractivity contribution in [3.8, 4) is 0 Å². The Labute approximate surface area is 185 Å². The zero-order valence-corrected chi connectivity index (χ0v) is 19.2. The molecule has 0 amide bonds. The lowest BCUT2D eigenvalue weighted by Crippen LogP contribution is -2.55. The van der Waals surface area contributed by atoms with Crippen molar-refractivity contribution in [3.63, 3.8) is 0 Å². The molecule has 4 aliphatic rings. The van der Waals surface area contributed by atoms with E-state index < -0.39 is 27.3 Å². The Kier molecular flexibility index (Phi) is 7.24. The van der Waals surface area contributed by atoms with Crippen LogP contribution in [0.25, 0.3) is 0 Å². The largest absolute Gasteiger partial charge is 0.481 e. The Morgan fingerprint density at radius 3 is 2.55 bits per heavy atom. The van der Waals surface area contributed by atoms with E-state index in [1.807, 2.05) is 0 Å². The lowest BCUT2D eigenvalue weighted by molar-refractivity contribution is -0.138. The Hall–Kier alpha value is -0.780. The minimum absolute atomic E-state index is 0.0177. The van der Waals surface area contributed by atoms with Crippen molar-refractivity contribution >= 4 is 16.0 Å². The fourth-order valence-corrected chi connectivity index (χ4v) is 8.83. The van der Waals surface area contributed by atoms with Crippen molar-refractivity contribution in [1.82, 2.24) is 14.7 Å². The van der Waals surface area contributed by atoms with Crippen LogP contribution in [0.15, 0.2) is 0 Å². The van der Waals surface area contributed by atoms with E-state index in [1.54, 1.807) is 11.4 Å². The summed E-state index contributed by atoms with van der Waals surface area (Å²) in [5.74, 6) is -0.978. The maximum Gasteiger partial charge on any atom is 0.303 e. The number of piperidine rings is 2. The number of rotatable bonds is 6. The third kappa shape index (κ3) is 4.79. The van der Waals surface area contributed by atoms with Gasteiger partial charge in [0.25, 0.3) is 0 Å². The number of hydrazine groups is 1. The van der Waals surface area contributed by atoms with E-state index in [0.717, 1.165) is 25.8 Å². The molecule has 10 heteroatoms. The molecule has 178 valence electrons. The molecule has 1 saturated carbocycles. The molecule has 3 saturated heterocycles. The van der Waals surface area contributed by atoms with Gasteiger partial charge in [-0.15, -0.1) is 0 Å². The molecule has 6 unspecified atom stereocenters. The summed E-state index contributed by atoms with van der Waals surface area (Å²) >= 11 is 0. The summed E-state index contributed by atoms with van der Waals surface area (Å²) in [6, 6.07) is 0.0878. The van der Waals surface area contributed by atoms with E-state index in [1.165, 1.54) is 0 Å². The van der Waals surface area contributed by atoms with Crippen molar-refractivity contribution in [3.05, 3.63) is 0 Å². The molecule has 3 aliphatic heterocycles. The van der Waals surface area contributed by atoms with E-state index in [-0.39, 0.29) is 36.3 Å². The third-order valence-corrected chi connectivity index (χ3v) is 10.5. The van der Waals surface area contributed by atoms with Crippen LogP contribution in [0.5, 0.6) is 0 Å². The normalized spacial score (nSPS) is 38.8. The zero-order chi connectivity index (χ0) is 22.2. The van der Waals surface area contributed by atoms with Crippen molar-refractivity contribution in [2.24, 2.45) is 17.8 Å². The minimum atomic E-state index is -3.51. The van der Waals surface area contributed by atoms with Gasteiger partial charge in [-0.3, -0.25) is 10.2 Å². The highest BCUT2D eigenvalue weighted by molar-refractivity contribution is 7.89. The molecule has 4 rings (SSSR count). The lowest BCUT2D eigenvalue weighted by Gasteiger charge is -2.46. The number of hydrogen-bond acceptors (Lipinski definition) is 7. The van der Waals surface area contributed by atoms with Crippen LogP contribution in [0.3, 0.4) is 0 Å². The first kappa shape index (κ1) is 23.4. The molecule has 0 bridgehead atoms. The topological polar surface area (TPSA) is 119 Å². The third-order valence-electron chi connectivity index (χ3n) is 8.11. The van der Waals surface area contributed by atoms with Gasteiger partial charge in [-0.2, -0.15) is 0 Å². The van der Waals surface area contributed by atoms with Gasteiger partial charge in [0.2, 0.25) is 10.0 Å². The summed E-state index contributed by atoms with van der Waals surface area (Å²) in [4.78, 5) is 11.3. The number of aliphatic hydroxyl groups is 1. The number of aliphatic carboxylic acids is 1. The second-order valence-corrected chi connectivity index (χ2v) is 11.9. The highest BCUT2D eigenvalue weighted by atomic mass is 32.2. The van der Waals surface area contributed by atoms with E-state index in [9.17, 15) is 23.4 Å². The van der Waals surface area contributed by atoms with Crippen LogP contribution in [0.1, 0.15) is 51.4 Å². The first-order chi connectivity index (χ1) is 14.8. The van der Waals surface area contributed by atoms with Gasteiger partial charge in [-0.1, -0.05) is 0 Å². The number of methoxy groups -OCH3 is 1. The van der Waals surface area contributed by atoms with Crippen LogP contribution in [-0.4, -0.2) is 90.7 Å². The van der Waals surface area contributed by atoms with E-state index in [2.05, 4.69) is 10.4 Å². The molecule has 0 radical (unpaired) electrons. The maximum atomic E-state index is 13.6. The fraction of sp³-hybridized carbons (Fsp3) is 0.952. The minimum Gasteiger partial charge on any atom is -0.481 e. The molecule has 0 aromatic rings. The van der Waals surface area contributed by atoms with Crippen molar-refractivity contribution < 1.29 is 28.2 Å². The fourth-order valence-electron chi connectivity index (χ4n) is 6.46. The number of sulfonamides is 1. The van der Waals surface area contributed by atoms with Crippen LogP contribution < -0.4 is 5.43 Å². The Balaban J connectivity index is 1.50.